The van der Waals surface area contributed by atoms with Crippen molar-refractivity contribution in [2.75, 3.05) is 32.8 Å². The van der Waals surface area contributed by atoms with Crippen molar-refractivity contribution in [3.8, 4) is 11.6 Å². The molecule has 0 aliphatic carbocycles. The van der Waals surface area contributed by atoms with E-state index in [2.05, 4.69) is 27.0 Å². The topological polar surface area (TPSA) is 47.5 Å². The molecule has 0 N–H and O–H groups in total. The summed E-state index contributed by atoms with van der Waals surface area (Å²) in [5.74, 6) is 1.33. The van der Waals surface area contributed by atoms with Crippen LogP contribution < -0.4 is 4.74 Å². The minimum Gasteiger partial charge on any atom is -0.437 e. The second-order valence-corrected chi connectivity index (χ2v) is 5.35. The van der Waals surface area contributed by atoms with Gasteiger partial charge in [-0.1, -0.05) is 12.1 Å². The minimum atomic E-state index is 0.521. The van der Waals surface area contributed by atoms with E-state index < -0.39 is 0 Å². The van der Waals surface area contributed by atoms with Crippen LogP contribution in [0.3, 0.4) is 0 Å². The zero-order chi connectivity index (χ0) is 15.0. The van der Waals surface area contributed by atoms with E-state index in [1.807, 2.05) is 12.1 Å². The smallest absolute Gasteiger partial charge is 0.237 e. The Kier molecular flexibility index (Phi) is 5.34. The molecule has 2 aromatic rings. The quantitative estimate of drug-likeness (QED) is 0.820. The molecule has 1 aromatic carbocycles. The summed E-state index contributed by atoms with van der Waals surface area (Å²) in [6, 6.07) is 8.19. The number of rotatable bonds is 6. The summed E-state index contributed by atoms with van der Waals surface area (Å²) >= 11 is 0. The Labute approximate surface area is 130 Å². The monoisotopic (exact) mass is 299 g/mol. The zero-order valence-corrected chi connectivity index (χ0v) is 12.6. The van der Waals surface area contributed by atoms with Crippen molar-refractivity contribution in [3.05, 3.63) is 48.4 Å². The van der Waals surface area contributed by atoms with Gasteiger partial charge in [0.1, 0.15) is 5.75 Å². The van der Waals surface area contributed by atoms with Crippen LogP contribution in [0.25, 0.3) is 0 Å². The predicted molar refractivity (Wildman–Crippen MR) is 84.1 cm³/mol. The van der Waals surface area contributed by atoms with Gasteiger partial charge in [-0.25, -0.2) is 4.98 Å². The summed E-state index contributed by atoms with van der Waals surface area (Å²) in [7, 11) is 0. The summed E-state index contributed by atoms with van der Waals surface area (Å²) in [5, 5.41) is 0. The van der Waals surface area contributed by atoms with Gasteiger partial charge in [0.2, 0.25) is 5.88 Å². The first kappa shape index (κ1) is 14.9. The highest BCUT2D eigenvalue weighted by Gasteiger charge is 2.09. The third-order valence-electron chi connectivity index (χ3n) is 3.70. The lowest BCUT2D eigenvalue weighted by molar-refractivity contribution is 0.0375. The van der Waals surface area contributed by atoms with Crippen molar-refractivity contribution in [3.63, 3.8) is 0 Å². The molecule has 0 radical (unpaired) electrons. The van der Waals surface area contributed by atoms with Crippen LogP contribution in [0.1, 0.15) is 12.0 Å². The normalized spacial score (nSPS) is 15.6. The Bertz CT molecular complexity index is 571. The van der Waals surface area contributed by atoms with Crippen LogP contribution in [0.5, 0.6) is 11.6 Å². The van der Waals surface area contributed by atoms with Crippen LogP contribution in [0, 0.1) is 0 Å². The molecule has 1 saturated heterocycles. The van der Waals surface area contributed by atoms with Crippen LogP contribution in [0.4, 0.5) is 0 Å². The van der Waals surface area contributed by atoms with E-state index in [-0.39, 0.29) is 0 Å². The molecule has 1 fully saturated rings. The summed E-state index contributed by atoms with van der Waals surface area (Å²) < 4.78 is 11.1. The molecule has 0 bridgehead atoms. The van der Waals surface area contributed by atoms with Crippen LogP contribution in [-0.2, 0) is 11.2 Å². The van der Waals surface area contributed by atoms with E-state index in [0.29, 0.717) is 5.88 Å². The SMILES string of the molecule is c1cc(CCCN2CCOCC2)cc(Oc2cnccn2)c1. The van der Waals surface area contributed by atoms with E-state index in [9.17, 15) is 0 Å². The average molecular weight is 299 g/mol. The molecule has 3 rings (SSSR count). The van der Waals surface area contributed by atoms with Crippen molar-refractivity contribution in [2.45, 2.75) is 12.8 Å². The number of morpholine rings is 1. The van der Waals surface area contributed by atoms with Gasteiger partial charge in [0, 0.05) is 25.5 Å². The standard InChI is InChI=1S/C17H21N3O2/c1-3-15(4-2-8-20-9-11-21-12-10-20)13-16(5-1)22-17-14-18-6-7-19-17/h1,3,5-7,13-14H,2,4,8-12H2. The molecule has 2 heterocycles. The maximum Gasteiger partial charge on any atom is 0.237 e. The van der Waals surface area contributed by atoms with Gasteiger partial charge in [0.25, 0.3) is 0 Å². The van der Waals surface area contributed by atoms with Crippen LogP contribution in [0.2, 0.25) is 0 Å². The Hall–Kier alpha value is -1.98. The second-order valence-electron chi connectivity index (χ2n) is 5.35. The fourth-order valence-corrected chi connectivity index (χ4v) is 2.55. The Morgan fingerprint density at radius 2 is 2.09 bits per heavy atom. The van der Waals surface area contributed by atoms with E-state index in [4.69, 9.17) is 9.47 Å². The Morgan fingerprint density at radius 3 is 2.91 bits per heavy atom. The molecule has 0 spiro atoms. The van der Waals surface area contributed by atoms with Gasteiger partial charge in [0.05, 0.1) is 19.4 Å². The lowest BCUT2D eigenvalue weighted by atomic mass is 10.1. The molecule has 1 aromatic heterocycles. The Morgan fingerprint density at radius 1 is 1.18 bits per heavy atom. The van der Waals surface area contributed by atoms with Gasteiger partial charge >= 0.3 is 0 Å². The third-order valence-corrected chi connectivity index (χ3v) is 3.70. The highest BCUT2D eigenvalue weighted by molar-refractivity contribution is 5.31. The average Bonchev–Trinajstić information content (AvgIpc) is 2.57. The number of aryl methyl sites for hydroxylation is 1. The molecule has 5 heteroatoms. The minimum absolute atomic E-state index is 0.521. The third kappa shape index (κ3) is 4.51. The van der Waals surface area contributed by atoms with Crippen molar-refractivity contribution in [1.82, 2.24) is 14.9 Å². The number of hydrogen-bond acceptors (Lipinski definition) is 5. The van der Waals surface area contributed by atoms with Crippen molar-refractivity contribution in [1.29, 1.82) is 0 Å². The van der Waals surface area contributed by atoms with Gasteiger partial charge < -0.3 is 9.47 Å². The molecule has 0 amide bonds. The fraction of sp³-hybridized carbons (Fsp3) is 0.412. The van der Waals surface area contributed by atoms with Crippen LogP contribution in [-0.4, -0.2) is 47.7 Å². The zero-order valence-electron chi connectivity index (χ0n) is 12.6. The molecule has 1 aliphatic rings. The van der Waals surface area contributed by atoms with Crippen LogP contribution in [0.15, 0.2) is 42.9 Å². The fourth-order valence-electron chi connectivity index (χ4n) is 2.55. The van der Waals surface area contributed by atoms with Crippen LogP contribution >= 0.6 is 0 Å². The molecule has 5 nitrogen and oxygen atoms in total. The second kappa shape index (κ2) is 7.87. The number of nitrogens with zero attached hydrogens (tertiary/aromatic N) is 3. The molecule has 0 atom stereocenters. The summed E-state index contributed by atoms with van der Waals surface area (Å²) in [4.78, 5) is 10.6. The lowest BCUT2D eigenvalue weighted by Crippen LogP contribution is -2.36. The van der Waals surface area contributed by atoms with Gasteiger partial charge in [-0.3, -0.25) is 9.88 Å². The van der Waals surface area contributed by atoms with Crippen molar-refractivity contribution in [2.24, 2.45) is 0 Å². The number of aromatic nitrogens is 2. The maximum absolute atomic E-state index is 5.71. The van der Waals surface area contributed by atoms with E-state index in [0.717, 1.165) is 51.4 Å². The van der Waals surface area contributed by atoms with E-state index >= 15 is 0 Å². The van der Waals surface area contributed by atoms with Crippen molar-refractivity contribution < 1.29 is 9.47 Å². The van der Waals surface area contributed by atoms with Crippen molar-refractivity contribution >= 4 is 0 Å². The summed E-state index contributed by atoms with van der Waals surface area (Å²) in [6.45, 7) is 4.95. The molecular formula is C17H21N3O2. The highest BCUT2D eigenvalue weighted by atomic mass is 16.5. The first-order chi connectivity index (χ1) is 10.9. The predicted octanol–water partition coefficient (Wildman–Crippen LogP) is 2.53. The van der Waals surface area contributed by atoms with Gasteiger partial charge in [0.15, 0.2) is 0 Å². The lowest BCUT2D eigenvalue weighted by Gasteiger charge is -2.26. The Balaban J connectivity index is 1.50. The molecule has 0 unspecified atom stereocenters. The maximum atomic E-state index is 5.71. The van der Waals surface area contributed by atoms with E-state index in [1.54, 1.807) is 18.6 Å². The number of benzene rings is 1. The van der Waals surface area contributed by atoms with Gasteiger partial charge in [-0.15, -0.1) is 0 Å². The number of ether oxygens (including phenoxy) is 2. The van der Waals surface area contributed by atoms with Gasteiger partial charge in [-0.05, 0) is 37.1 Å². The van der Waals surface area contributed by atoms with Gasteiger partial charge in [-0.2, -0.15) is 0 Å². The molecule has 116 valence electrons. The molecule has 22 heavy (non-hydrogen) atoms. The van der Waals surface area contributed by atoms with E-state index in [1.165, 1.54) is 5.56 Å². The first-order valence-electron chi connectivity index (χ1n) is 7.73. The largest absolute Gasteiger partial charge is 0.437 e. The number of hydrogen-bond donors (Lipinski definition) is 0. The molecule has 1 aliphatic heterocycles. The first-order valence-corrected chi connectivity index (χ1v) is 7.73. The molecule has 0 saturated carbocycles. The highest BCUT2D eigenvalue weighted by Crippen LogP contribution is 2.20. The molecular weight excluding hydrogens is 278 g/mol. The summed E-state index contributed by atoms with van der Waals surface area (Å²) in [6.07, 6.45) is 7.07. The summed E-state index contributed by atoms with van der Waals surface area (Å²) in [5.41, 5.74) is 1.29.